The highest BCUT2D eigenvalue weighted by Crippen LogP contribution is 2.20. The molecule has 2 aromatic heterocycles. The number of hydrogen-bond donors (Lipinski definition) is 1. The first-order valence-electron chi connectivity index (χ1n) is 4.53. The van der Waals surface area contributed by atoms with Crippen molar-refractivity contribution >= 4 is 28.6 Å². The molecule has 1 unspecified atom stereocenters. The summed E-state index contributed by atoms with van der Waals surface area (Å²) in [6.07, 6.45) is 3.52. The Morgan fingerprint density at radius 3 is 2.87 bits per heavy atom. The molecule has 1 N–H and O–H groups in total. The molecule has 15 heavy (non-hydrogen) atoms. The average Bonchev–Trinajstić information content (AvgIpc) is 2.74. The summed E-state index contributed by atoms with van der Waals surface area (Å²) in [5.74, 6) is 0. The summed E-state index contributed by atoms with van der Waals surface area (Å²) in [4.78, 5) is 8.24. The molecule has 0 radical (unpaired) electrons. The highest BCUT2D eigenvalue weighted by Gasteiger charge is 2.07. The maximum Gasteiger partial charge on any atom is 0.129 e. The van der Waals surface area contributed by atoms with Gasteiger partial charge in [0.1, 0.15) is 10.2 Å². The molecule has 1 atom stereocenters. The number of aromatic nitrogens is 2. The summed E-state index contributed by atoms with van der Waals surface area (Å²) in [6.45, 7) is 2.06. The second-order valence-corrected chi connectivity index (χ2v) is 4.42. The largest absolute Gasteiger partial charge is 0.375 e. The quantitative estimate of drug-likeness (QED) is 0.835. The van der Waals surface area contributed by atoms with Crippen molar-refractivity contribution in [2.45, 2.75) is 13.0 Å². The minimum Gasteiger partial charge on any atom is -0.375 e. The Kier molecular flexibility index (Phi) is 3.18. The molecule has 0 aliphatic carbocycles. The number of pyridine rings is 1. The summed E-state index contributed by atoms with van der Waals surface area (Å²) in [5, 5.41) is 6.83. The van der Waals surface area contributed by atoms with Crippen LogP contribution in [0.5, 0.6) is 0 Å². The lowest BCUT2D eigenvalue weighted by atomic mass is 10.3. The number of rotatable bonds is 3. The maximum atomic E-state index is 5.70. The fraction of sp³-hybridized carbons (Fsp3) is 0.200. The van der Waals surface area contributed by atoms with Gasteiger partial charge >= 0.3 is 0 Å². The minimum atomic E-state index is 0.188. The van der Waals surface area contributed by atoms with Crippen LogP contribution in [0, 0.1) is 0 Å². The molecule has 3 nitrogen and oxygen atoms in total. The molecule has 2 rings (SSSR count). The van der Waals surface area contributed by atoms with Gasteiger partial charge < -0.3 is 5.32 Å². The Bertz CT molecular complexity index is 413. The van der Waals surface area contributed by atoms with Crippen molar-refractivity contribution in [3.63, 3.8) is 0 Å². The van der Waals surface area contributed by atoms with Gasteiger partial charge in [-0.3, -0.25) is 0 Å². The molecule has 0 saturated carbocycles. The van der Waals surface area contributed by atoms with Crippen LogP contribution < -0.4 is 5.32 Å². The van der Waals surface area contributed by atoms with E-state index in [4.69, 9.17) is 11.6 Å². The van der Waals surface area contributed by atoms with E-state index in [1.807, 2.05) is 11.4 Å². The van der Waals surface area contributed by atoms with E-state index in [1.165, 1.54) is 0 Å². The van der Waals surface area contributed by atoms with Crippen LogP contribution in [0.2, 0.25) is 5.15 Å². The van der Waals surface area contributed by atoms with E-state index in [-0.39, 0.29) is 6.04 Å². The van der Waals surface area contributed by atoms with Gasteiger partial charge in [0.05, 0.1) is 17.9 Å². The van der Waals surface area contributed by atoms with Gasteiger partial charge in [-0.05, 0) is 19.1 Å². The summed E-state index contributed by atoms with van der Waals surface area (Å²) in [6, 6.07) is 3.85. The van der Waals surface area contributed by atoms with Gasteiger partial charge in [0, 0.05) is 11.6 Å². The Balaban J connectivity index is 2.06. The normalized spacial score (nSPS) is 12.4. The Labute approximate surface area is 97.2 Å². The molecule has 0 spiro atoms. The molecule has 2 heterocycles. The third kappa shape index (κ3) is 2.67. The maximum absolute atomic E-state index is 5.70. The molecule has 0 aliphatic heterocycles. The SMILES string of the molecule is CC(Nc1ccc(Cl)nc1)c1nccs1. The number of nitrogens with one attached hydrogen (secondary N) is 1. The third-order valence-corrected chi connectivity index (χ3v) is 3.11. The standard InChI is InChI=1S/C10H10ClN3S/c1-7(10-12-4-5-15-10)14-8-2-3-9(11)13-6-8/h2-7,14H,1H3. The van der Waals surface area contributed by atoms with Gasteiger partial charge in [-0.2, -0.15) is 0 Å². The lowest BCUT2D eigenvalue weighted by Crippen LogP contribution is -2.06. The zero-order valence-electron chi connectivity index (χ0n) is 8.14. The van der Waals surface area contributed by atoms with Crippen molar-refractivity contribution in [1.82, 2.24) is 9.97 Å². The molecule has 5 heteroatoms. The van der Waals surface area contributed by atoms with Gasteiger partial charge in [-0.15, -0.1) is 11.3 Å². The van der Waals surface area contributed by atoms with Crippen LogP contribution in [-0.4, -0.2) is 9.97 Å². The van der Waals surface area contributed by atoms with E-state index < -0.39 is 0 Å². The number of thiazole rings is 1. The predicted molar refractivity (Wildman–Crippen MR) is 63.4 cm³/mol. The molecule has 0 aliphatic rings. The van der Waals surface area contributed by atoms with Crippen molar-refractivity contribution in [2.75, 3.05) is 5.32 Å². The highest BCUT2D eigenvalue weighted by atomic mass is 35.5. The minimum absolute atomic E-state index is 0.188. The van der Waals surface area contributed by atoms with Crippen molar-refractivity contribution < 1.29 is 0 Å². The highest BCUT2D eigenvalue weighted by molar-refractivity contribution is 7.09. The van der Waals surface area contributed by atoms with Crippen LogP contribution in [0.1, 0.15) is 18.0 Å². The predicted octanol–water partition coefficient (Wildman–Crippen LogP) is 3.36. The molecular formula is C10H10ClN3S. The molecule has 0 saturated heterocycles. The fourth-order valence-corrected chi connectivity index (χ4v) is 1.98. The monoisotopic (exact) mass is 239 g/mol. The molecule has 0 amide bonds. The van der Waals surface area contributed by atoms with Gasteiger partial charge in [-0.25, -0.2) is 9.97 Å². The van der Waals surface area contributed by atoms with E-state index in [2.05, 4.69) is 22.2 Å². The number of nitrogens with zero attached hydrogens (tertiary/aromatic N) is 2. The Morgan fingerprint density at radius 2 is 2.27 bits per heavy atom. The lowest BCUT2D eigenvalue weighted by molar-refractivity contribution is 0.868. The van der Waals surface area contributed by atoms with Crippen LogP contribution >= 0.6 is 22.9 Å². The second-order valence-electron chi connectivity index (χ2n) is 3.11. The molecule has 0 aromatic carbocycles. The molecular weight excluding hydrogens is 230 g/mol. The van der Waals surface area contributed by atoms with Gasteiger partial charge in [-0.1, -0.05) is 11.6 Å². The Hall–Kier alpha value is -1.13. The summed E-state index contributed by atoms with van der Waals surface area (Å²) in [7, 11) is 0. The van der Waals surface area contributed by atoms with Gasteiger partial charge in [0.2, 0.25) is 0 Å². The fourth-order valence-electron chi connectivity index (χ4n) is 1.22. The molecule has 0 bridgehead atoms. The first kappa shape index (κ1) is 10.4. The summed E-state index contributed by atoms with van der Waals surface area (Å²) >= 11 is 7.33. The number of halogens is 1. The number of hydrogen-bond acceptors (Lipinski definition) is 4. The molecule has 0 fully saturated rings. The third-order valence-electron chi connectivity index (χ3n) is 1.93. The first-order chi connectivity index (χ1) is 7.25. The van der Waals surface area contributed by atoms with Gasteiger partial charge in [0.15, 0.2) is 0 Å². The van der Waals surface area contributed by atoms with E-state index in [1.54, 1.807) is 29.8 Å². The molecule has 2 aromatic rings. The van der Waals surface area contributed by atoms with Crippen LogP contribution in [0.15, 0.2) is 29.9 Å². The zero-order valence-corrected chi connectivity index (χ0v) is 9.72. The number of anilines is 1. The van der Waals surface area contributed by atoms with E-state index >= 15 is 0 Å². The van der Waals surface area contributed by atoms with Crippen molar-refractivity contribution in [3.05, 3.63) is 40.1 Å². The van der Waals surface area contributed by atoms with Crippen molar-refractivity contribution in [1.29, 1.82) is 0 Å². The van der Waals surface area contributed by atoms with Crippen LogP contribution in [-0.2, 0) is 0 Å². The zero-order chi connectivity index (χ0) is 10.7. The van der Waals surface area contributed by atoms with Crippen LogP contribution in [0.25, 0.3) is 0 Å². The van der Waals surface area contributed by atoms with E-state index in [0.29, 0.717) is 5.15 Å². The Morgan fingerprint density at radius 1 is 1.40 bits per heavy atom. The average molecular weight is 240 g/mol. The van der Waals surface area contributed by atoms with Crippen molar-refractivity contribution in [2.24, 2.45) is 0 Å². The van der Waals surface area contributed by atoms with Gasteiger partial charge in [0.25, 0.3) is 0 Å². The topological polar surface area (TPSA) is 37.8 Å². The van der Waals surface area contributed by atoms with Crippen LogP contribution in [0.4, 0.5) is 5.69 Å². The van der Waals surface area contributed by atoms with E-state index in [0.717, 1.165) is 10.7 Å². The molecule has 78 valence electrons. The van der Waals surface area contributed by atoms with E-state index in [9.17, 15) is 0 Å². The van der Waals surface area contributed by atoms with Crippen molar-refractivity contribution in [3.8, 4) is 0 Å². The lowest BCUT2D eigenvalue weighted by Gasteiger charge is -2.11. The smallest absolute Gasteiger partial charge is 0.129 e. The first-order valence-corrected chi connectivity index (χ1v) is 5.79. The second kappa shape index (κ2) is 4.59. The summed E-state index contributed by atoms with van der Waals surface area (Å²) in [5.41, 5.74) is 0.946. The summed E-state index contributed by atoms with van der Waals surface area (Å²) < 4.78 is 0. The van der Waals surface area contributed by atoms with Crippen LogP contribution in [0.3, 0.4) is 0 Å².